The number of alkyl halides is 2. The number of nitrogens with two attached hydrogens (primary N) is 1. The highest BCUT2D eigenvalue weighted by atomic mass is 35.5. The third kappa shape index (κ3) is 6.32. The maximum Gasteiger partial charge on any atom is 0.257 e. The van der Waals surface area contributed by atoms with Gasteiger partial charge in [0.25, 0.3) is 5.91 Å². The van der Waals surface area contributed by atoms with Crippen molar-refractivity contribution in [3.63, 3.8) is 0 Å². The maximum absolute atomic E-state index is 13.3. The van der Waals surface area contributed by atoms with Crippen molar-refractivity contribution in [2.24, 2.45) is 5.92 Å². The van der Waals surface area contributed by atoms with E-state index >= 15 is 0 Å². The van der Waals surface area contributed by atoms with Crippen LogP contribution >= 0.6 is 58.0 Å². The summed E-state index contributed by atoms with van der Waals surface area (Å²) in [6.45, 7) is 5.24. The number of nitrogen functional groups attached to an aromatic ring is 1. The maximum atomic E-state index is 13.3. The second kappa shape index (κ2) is 10.8. The first-order valence-corrected chi connectivity index (χ1v) is 12.0. The van der Waals surface area contributed by atoms with Gasteiger partial charge in [0.15, 0.2) is 0 Å². The number of halogens is 6. The molecule has 0 bridgehead atoms. The molecule has 1 saturated carbocycles. The van der Waals surface area contributed by atoms with E-state index in [-0.39, 0.29) is 27.7 Å². The normalized spacial score (nSPS) is 19.2. The zero-order valence-corrected chi connectivity index (χ0v) is 21.9. The molecule has 0 spiro atoms. The number of amides is 2. The van der Waals surface area contributed by atoms with Crippen molar-refractivity contribution in [1.82, 2.24) is 5.32 Å². The predicted octanol–water partition coefficient (Wildman–Crippen LogP) is 6.94. The summed E-state index contributed by atoms with van der Waals surface area (Å²) in [6.07, 6.45) is 2.88. The fourth-order valence-electron chi connectivity index (χ4n) is 3.49. The molecule has 0 aliphatic heterocycles. The van der Waals surface area contributed by atoms with Crippen LogP contribution in [0.2, 0.25) is 10.0 Å². The van der Waals surface area contributed by atoms with Gasteiger partial charge in [-0.1, -0.05) is 47.5 Å². The number of anilines is 2. The van der Waals surface area contributed by atoms with Gasteiger partial charge in [-0.2, -0.15) is 0 Å². The molecule has 0 saturated heterocycles. The summed E-state index contributed by atoms with van der Waals surface area (Å²) in [5.74, 6) is -3.05. The fraction of sp³-hybridized carbons (Fsp3) is 0.167. The monoisotopic (exact) mass is 575 g/mol. The van der Waals surface area contributed by atoms with Crippen LogP contribution in [0.25, 0.3) is 0 Å². The molecule has 35 heavy (non-hydrogen) atoms. The Morgan fingerprint density at radius 3 is 2.31 bits per heavy atom. The molecular formula is C24H19Cl5FN3O2. The van der Waals surface area contributed by atoms with E-state index in [2.05, 4.69) is 17.2 Å². The molecule has 3 rings (SSSR count). The fourth-order valence-corrected chi connectivity index (χ4v) is 5.01. The first kappa shape index (κ1) is 27.4. The molecule has 1 aliphatic carbocycles. The van der Waals surface area contributed by atoms with Gasteiger partial charge in [0, 0.05) is 26.7 Å². The van der Waals surface area contributed by atoms with E-state index in [1.54, 1.807) is 31.2 Å². The van der Waals surface area contributed by atoms with Crippen molar-refractivity contribution < 1.29 is 14.0 Å². The van der Waals surface area contributed by atoms with Gasteiger partial charge in [-0.3, -0.25) is 9.59 Å². The van der Waals surface area contributed by atoms with Crippen LogP contribution in [0, 0.1) is 11.7 Å². The second-order valence-electron chi connectivity index (χ2n) is 7.71. The third-order valence-corrected chi connectivity index (χ3v) is 6.84. The first-order valence-electron chi connectivity index (χ1n) is 10.1. The minimum Gasteiger partial charge on any atom is -0.397 e. The Labute approximate surface area is 226 Å². The average Bonchev–Trinajstić information content (AvgIpc) is 3.34. The van der Waals surface area contributed by atoms with Gasteiger partial charge < -0.3 is 16.4 Å². The number of hydrogen-bond acceptors (Lipinski definition) is 3. The van der Waals surface area contributed by atoms with E-state index in [4.69, 9.17) is 63.7 Å². The quantitative estimate of drug-likeness (QED) is 0.144. The molecule has 0 unspecified atom stereocenters. The molecule has 11 heteroatoms. The summed E-state index contributed by atoms with van der Waals surface area (Å²) in [6, 6.07) is 8.36. The molecule has 4 N–H and O–H groups in total. The van der Waals surface area contributed by atoms with E-state index < -0.39 is 33.8 Å². The SMILES string of the molecule is C=C(Cl)/C(=C\C(=C/C)NC(=O)[C@H]1[C@H](c2cc(Cl)cc(Cl)c2)C1(Cl)Cl)C(=O)Nc1ccc(F)cc1N. The largest absolute Gasteiger partial charge is 0.397 e. The van der Waals surface area contributed by atoms with Crippen molar-refractivity contribution in [2.75, 3.05) is 11.1 Å². The van der Waals surface area contributed by atoms with Gasteiger partial charge in [-0.05, 0) is 55.0 Å². The molecule has 1 fully saturated rings. The lowest BCUT2D eigenvalue weighted by atomic mass is 10.1. The highest BCUT2D eigenvalue weighted by molar-refractivity contribution is 6.53. The summed E-state index contributed by atoms with van der Waals surface area (Å²) in [5, 5.41) is 5.91. The van der Waals surface area contributed by atoms with Gasteiger partial charge in [0.1, 0.15) is 10.2 Å². The van der Waals surface area contributed by atoms with Crippen LogP contribution in [0.15, 0.2) is 71.4 Å². The van der Waals surface area contributed by atoms with E-state index in [0.29, 0.717) is 15.6 Å². The van der Waals surface area contributed by atoms with Crippen LogP contribution in [0.1, 0.15) is 18.4 Å². The minimum atomic E-state index is -1.38. The van der Waals surface area contributed by atoms with Gasteiger partial charge in [-0.15, -0.1) is 23.2 Å². The molecule has 2 aromatic rings. The summed E-state index contributed by atoms with van der Waals surface area (Å²) in [4.78, 5) is 25.8. The second-order valence-corrected chi connectivity index (χ2v) is 10.5. The van der Waals surface area contributed by atoms with Crippen LogP contribution in [0.3, 0.4) is 0 Å². The number of carbonyl (C=O) groups is 2. The topological polar surface area (TPSA) is 84.2 Å². The molecule has 0 radical (unpaired) electrons. The third-order valence-electron chi connectivity index (χ3n) is 5.26. The van der Waals surface area contributed by atoms with Crippen LogP contribution in [-0.2, 0) is 9.59 Å². The number of allylic oxidation sites excluding steroid dienone is 2. The average molecular weight is 578 g/mol. The lowest BCUT2D eigenvalue weighted by molar-refractivity contribution is -0.121. The predicted molar refractivity (Wildman–Crippen MR) is 142 cm³/mol. The molecule has 0 heterocycles. The van der Waals surface area contributed by atoms with Crippen molar-refractivity contribution in [3.8, 4) is 0 Å². The number of hydrogen-bond donors (Lipinski definition) is 3. The van der Waals surface area contributed by atoms with E-state index in [9.17, 15) is 14.0 Å². The van der Waals surface area contributed by atoms with Gasteiger partial charge in [0.05, 0.1) is 22.9 Å². The number of carbonyl (C=O) groups excluding carboxylic acids is 2. The number of nitrogens with one attached hydrogen (secondary N) is 2. The van der Waals surface area contributed by atoms with E-state index in [1.165, 1.54) is 12.1 Å². The summed E-state index contributed by atoms with van der Waals surface area (Å²) >= 11 is 31.0. The van der Waals surface area contributed by atoms with Crippen molar-refractivity contribution in [1.29, 1.82) is 0 Å². The Kier molecular flexibility index (Phi) is 8.45. The van der Waals surface area contributed by atoms with E-state index in [1.807, 2.05) is 0 Å². The molecule has 2 amide bonds. The lowest BCUT2D eigenvalue weighted by Gasteiger charge is -2.12. The van der Waals surface area contributed by atoms with Crippen LogP contribution in [0.5, 0.6) is 0 Å². The zero-order chi connectivity index (χ0) is 26.1. The molecule has 0 aromatic heterocycles. The molecule has 2 atom stereocenters. The Morgan fingerprint density at radius 2 is 1.77 bits per heavy atom. The summed E-state index contributed by atoms with van der Waals surface area (Å²) in [7, 11) is 0. The smallest absolute Gasteiger partial charge is 0.257 e. The standard InChI is InChI=1S/C24H19Cl5FN3O2/c1-3-16(10-17(11(2)25)22(34)33-19-5-4-15(30)9-18(19)31)32-23(35)21-20(24(21,28)29)12-6-13(26)8-14(27)7-12/h3-10,20-21H,2,31H2,1H3,(H,32,35)(H,33,34)/b16-3+,17-10+/t20-,21+/m0/s1. The molecular weight excluding hydrogens is 559 g/mol. The van der Waals surface area contributed by atoms with Gasteiger partial charge >= 0.3 is 0 Å². The van der Waals surface area contributed by atoms with Crippen molar-refractivity contribution in [2.45, 2.75) is 17.2 Å². The van der Waals surface area contributed by atoms with Crippen LogP contribution in [0.4, 0.5) is 15.8 Å². The zero-order valence-electron chi connectivity index (χ0n) is 18.1. The van der Waals surface area contributed by atoms with Gasteiger partial charge in [-0.25, -0.2) is 4.39 Å². The van der Waals surface area contributed by atoms with Gasteiger partial charge in [0.2, 0.25) is 5.91 Å². The van der Waals surface area contributed by atoms with Crippen molar-refractivity contribution in [3.05, 3.63) is 92.9 Å². The summed E-state index contributed by atoms with van der Waals surface area (Å²) in [5.41, 5.74) is 6.76. The first-order chi connectivity index (χ1) is 16.3. The number of benzene rings is 2. The van der Waals surface area contributed by atoms with E-state index in [0.717, 1.165) is 12.1 Å². The molecule has 2 aromatic carbocycles. The Morgan fingerprint density at radius 1 is 1.14 bits per heavy atom. The molecule has 184 valence electrons. The highest BCUT2D eigenvalue weighted by Gasteiger charge is 2.67. The highest BCUT2D eigenvalue weighted by Crippen LogP contribution is 2.65. The molecule has 1 aliphatic rings. The van der Waals surface area contributed by atoms with Crippen LogP contribution < -0.4 is 16.4 Å². The Hall–Kier alpha value is -2.22. The summed E-state index contributed by atoms with van der Waals surface area (Å²) < 4.78 is 11.9. The molecule has 5 nitrogen and oxygen atoms in total. The lowest BCUT2D eigenvalue weighted by Crippen LogP contribution is -2.26. The Balaban J connectivity index is 1.79. The number of rotatable bonds is 7. The van der Waals surface area contributed by atoms with Crippen molar-refractivity contribution >= 4 is 81.2 Å². The van der Waals surface area contributed by atoms with Crippen LogP contribution in [-0.4, -0.2) is 16.1 Å². The Bertz CT molecular complexity index is 1260. The minimum absolute atomic E-state index is 0.0268.